The van der Waals surface area contributed by atoms with E-state index in [1.54, 1.807) is 18.3 Å². The quantitative estimate of drug-likeness (QED) is 0.479. The molecule has 2 aromatic heterocycles. The van der Waals surface area contributed by atoms with Gasteiger partial charge in [0.25, 0.3) is 0 Å². The average molecular weight is 367 g/mol. The number of halogens is 3. The molecule has 134 valence electrons. The summed E-state index contributed by atoms with van der Waals surface area (Å²) in [5.74, 6) is 0.871. The molecule has 0 atom stereocenters. The summed E-state index contributed by atoms with van der Waals surface area (Å²) in [6, 6.07) is 15.6. The minimum atomic E-state index is -4.37. The zero-order valence-electron chi connectivity index (χ0n) is 13.8. The number of benzene rings is 2. The number of ether oxygens (including phenoxy) is 1. The van der Waals surface area contributed by atoms with Gasteiger partial charge in [-0.3, -0.25) is 4.98 Å². The van der Waals surface area contributed by atoms with E-state index in [0.717, 1.165) is 23.0 Å². The second-order valence-corrected chi connectivity index (χ2v) is 5.78. The van der Waals surface area contributed by atoms with Gasteiger partial charge in [-0.05, 0) is 36.4 Å². The van der Waals surface area contributed by atoms with Gasteiger partial charge in [-0.2, -0.15) is 13.2 Å². The van der Waals surface area contributed by atoms with Crippen LogP contribution in [-0.4, -0.2) is 15.0 Å². The minimum absolute atomic E-state index is 0.295. The summed E-state index contributed by atoms with van der Waals surface area (Å²) in [6.45, 7) is 0. The van der Waals surface area contributed by atoms with E-state index in [0.29, 0.717) is 22.9 Å². The van der Waals surface area contributed by atoms with Crippen LogP contribution in [0.4, 0.5) is 13.2 Å². The van der Waals surface area contributed by atoms with Crippen LogP contribution < -0.4 is 4.74 Å². The SMILES string of the molecule is FC(F)(F)c1ccc(-c2cc(Oc3ccc4ncccc4c3)ncn2)cc1. The lowest BCUT2D eigenvalue weighted by molar-refractivity contribution is -0.137. The maximum atomic E-state index is 12.7. The third-order valence-electron chi connectivity index (χ3n) is 3.95. The summed E-state index contributed by atoms with van der Waals surface area (Å²) in [7, 11) is 0. The molecule has 0 aliphatic heterocycles. The highest BCUT2D eigenvalue weighted by Gasteiger charge is 2.30. The van der Waals surface area contributed by atoms with Crippen molar-refractivity contribution in [1.82, 2.24) is 15.0 Å². The van der Waals surface area contributed by atoms with Crippen molar-refractivity contribution >= 4 is 10.9 Å². The Kier molecular flexibility index (Phi) is 4.19. The molecule has 4 rings (SSSR count). The lowest BCUT2D eigenvalue weighted by atomic mass is 10.1. The molecule has 2 heterocycles. The Morgan fingerprint density at radius 1 is 0.815 bits per heavy atom. The van der Waals surface area contributed by atoms with Gasteiger partial charge in [0.2, 0.25) is 5.88 Å². The molecule has 0 spiro atoms. The predicted octanol–water partition coefficient (Wildman–Crippen LogP) is 5.50. The van der Waals surface area contributed by atoms with Crippen LogP contribution in [-0.2, 0) is 6.18 Å². The number of fused-ring (bicyclic) bond motifs is 1. The zero-order valence-corrected chi connectivity index (χ0v) is 13.8. The minimum Gasteiger partial charge on any atom is -0.439 e. The summed E-state index contributed by atoms with van der Waals surface area (Å²) in [4.78, 5) is 12.4. The van der Waals surface area contributed by atoms with Crippen molar-refractivity contribution in [3.8, 4) is 22.9 Å². The molecule has 27 heavy (non-hydrogen) atoms. The molecule has 0 aliphatic carbocycles. The molecule has 0 unspecified atom stereocenters. The molecule has 0 N–H and O–H groups in total. The van der Waals surface area contributed by atoms with Gasteiger partial charge in [0.1, 0.15) is 12.1 Å². The molecule has 7 heteroatoms. The largest absolute Gasteiger partial charge is 0.439 e. The van der Waals surface area contributed by atoms with Gasteiger partial charge in [0, 0.05) is 23.2 Å². The summed E-state index contributed by atoms with van der Waals surface area (Å²) < 4.78 is 43.8. The monoisotopic (exact) mass is 367 g/mol. The molecule has 0 saturated carbocycles. The highest BCUT2D eigenvalue weighted by Crippen LogP contribution is 2.31. The van der Waals surface area contributed by atoms with Gasteiger partial charge in [-0.25, -0.2) is 9.97 Å². The average Bonchev–Trinajstić information content (AvgIpc) is 2.68. The standard InChI is InChI=1S/C20H12F3N3O/c21-20(22,23)15-5-3-13(4-6-15)18-11-19(26-12-25-18)27-16-7-8-17-14(10-16)2-1-9-24-17/h1-12H. The number of nitrogens with zero attached hydrogens (tertiary/aromatic N) is 3. The van der Waals surface area contributed by atoms with E-state index in [-0.39, 0.29) is 0 Å². The van der Waals surface area contributed by atoms with E-state index >= 15 is 0 Å². The highest BCUT2D eigenvalue weighted by atomic mass is 19.4. The van der Waals surface area contributed by atoms with E-state index < -0.39 is 11.7 Å². The van der Waals surface area contributed by atoms with Crippen LogP contribution in [0.5, 0.6) is 11.6 Å². The number of alkyl halides is 3. The Morgan fingerprint density at radius 2 is 1.63 bits per heavy atom. The number of hydrogen-bond donors (Lipinski definition) is 0. The van der Waals surface area contributed by atoms with Crippen LogP contribution >= 0.6 is 0 Å². The zero-order chi connectivity index (χ0) is 18.9. The lowest BCUT2D eigenvalue weighted by Crippen LogP contribution is -2.04. The maximum absolute atomic E-state index is 12.7. The Labute approximate surface area is 152 Å². The number of rotatable bonds is 3. The summed E-state index contributed by atoms with van der Waals surface area (Å²) in [5, 5.41) is 0.923. The fraction of sp³-hybridized carbons (Fsp3) is 0.0500. The van der Waals surface area contributed by atoms with Gasteiger partial charge in [-0.1, -0.05) is 18.2 Å². The molecule has 0 saturated heterocycles. The number of aromatic nitrogens is 3. The van der Waals surface area contributed by atoms with Crippen LogP contribution in [0.3, 0.4) is 0 Å². The van der Waals surface area contributed by atoms with Crippen molar-refractivity contribution in [2.24, 2.45) is 0 Å². The molecule has 4 nitrogen and oxygen atoms in total. The normalized spacial score (nSPS) is 11.5. The molecule has 4 aromatic rings. The third kappa shape index (κ3) is 3.72. The first-order valence-electron chi connectivity index (χ1n) is 8.01. The molecule has 0 fully saturated rings. The van der Waals surface area contributed by atoms with Gasteiger partial charge in [-0.15, -0.1) is 0 Å². The van der Waals surface area contributed by atoms with Crippen molar-refractivity contribution in [1.29, 1.82) is 0 Å². The van der Waals surface area contributed by atoms with E-state index in [1.807, 2.05) is 24.3 Å². The molecule has 0 radical (unpaired) electrons. The van der Waals surface area contributed by atoms with Gasteiger partial charge >= 0.3 is 6.18 Å². The van der Waals surface area contributed by atoms with Gasteiger partial charge in [0.15, 0.2) is 0 Å². The maximum Gasteiger partial charge on any atom is 0.416 e. The van der Waals surface area contributed by atoms with Crippen molar-refractivity contribution in [3.63, 3.8) is 0 Å². The Morgan fingerprint density at radius 3 is 2.41 bits per heavy atom. The van der Waals surface area contributed by atoms with Crippen LogP contribution in [0.25, 0.3) is 22.2 Å². The van der Waals surface area contributed by atoms with Crippen LogP contribution in [0.2, 0.25) is 0 Å². The van der Waals surface area contributed by atoms with E-state index in [1.165, 1.54) is 18.5 Å². The Balaban J connectivity index is 1.60. The predicted molar refractivity (Wildman–Crippen MR) is 94.3 cm³/mol. The second kappa shape index (κ2) is 6.68. The van der Waals surface area contributed by atoms with E-state index in [9.17, 15) is 13.2 Å². The second-order valence-electron chi connectivity index (χ2n) is 5.78. The van der Waals surface area contributed by atoms with E-state index in [4.69, 9.17) is 4.74 Å². The highest BCUT2D eigenvalue weighted by molar-refractivity contribution is 5.79. The summed E-state index contributed by atoms with van der Waals surface area (Å²) in [6.07, 6.45) is -1.35. The first kappa shape index (κ1) is 17.0. The molecular formula is C20H12F3N3O. The molecule has 2 aromatic carbocycles. The van der Waals surface area contributed by atoms with Crippen molar-refractivity contribution in [2.45, 2.75) is 6.18 Å². The van der Waals surface area contributed by atoms with Crippen LogP contribution in [0.15, 0.2) is 73.2 Å². The first-order chi connectivity index (χ1) is 13.0. The van der Waals surface area contributed by atoms with Gasteiger partial charge in [0.05, 0.1) is 16.8 Å². The van der Waals surface area contributed by atoms with E-state index in [2.05, 4.69) is 15.0 Å². The number of hydrogen-bond acceptors (Lipinski definition) is 4. The van der Waals surface area contributed by atoms with Crippen LogP contribution in [0, 0.1) is 0 Å². The first-order valence-corrected chi connectivity index (χ1v) is 8.01. The molecule has 0 aliphatic rings. The molecule has 0 bridgehead atoms. The summed E-state index contributed by atoms with van der Waals surface area (Å²) in [5.41, 5.74) is 1.15. The Hall–Kier alpha value is -3.48. The van der Waals surface area contributed by atoms with Crippen molar-refractivity contribution in [2.75, 3.05) is 0 Å². The Bertz CT molecular complexity index is 1100. The fourth-order valence-corrected chi connectivity index (χ4v) is 2.62. The molecular weight excluding hydrogens is 355 g/mol. The molecule has 0 amide bonds. The topological polar surface area (TPSA) is 47.9 Å². The van der Waals surface area contributed by atoms with Crippen molar-refractivity contribution in [3.05, 3.63) is 78.8 Å². The smallest absolute Gasteiger partial charge is 0.416 e. The summed E-state index contributed by atoms with van der Waals surface area (Å²) >= 11 is 0. The van der Waals surface area contributed by atoms with Gasteiger partial charge < -0.3 is 4.74 Å². The van der Waals surface area contributed by atoms with Crippen LogP contribution in [0.1, 0.15) is 5.56 Å². The van der Waals surface area contributed by atoms with Crippen molar-refractivity contribution < 1.29 is 17.9 Å². The third-order valence-corrected chi connectivity index (χ3v) is 3.95. The fourth-order valence-electron chi connectivity index (χ4n) is 2.62. The lowest BCUT2D eigenvalue weighted by Gasteiger charge is -2.09. The number of pyridine rings is 1.